The molecule has 2 N–H and O–H groups in total. The molecular weight excluding hydrogens is 368 g/mol. The first-order chi connectivity index (χ1) is 14.2. The molecule has 2 aromatic carbocycles. The van der Waals surface area contributed by atoms with E-state index in [1.807, 2.05) is 54.6 Å². The highest BCUT2D eigenvalue weighted by Gasteiger charge is 2.23. The predicted octanol–water partition coefficient (Wildman–Crippen LogP) is 4.01. The van der Waals surface area contributed by atoms with Gasteiger partial charge in [0, 0.05) is 29.6 Å². The summed E-state index contributed by atoms with van der Waals surface area (Å²) in [6, 6.07) is 17.1. The van der Waals surface area contributed by atoms with Crippen LogP contribution in [-0.4, -0.2) is 35.7 Å². The van der Waals surface area contributed by atoms with Gasteiger partial charge in [-0.2, -0.15) is 0 Å². The number of ether oxygens (including phenoxy) is 2. The highest BCUT2D eigenvalue weighted by molar-refractivity contribution is 5.94. The Kier molecular flexibility index (Phi) is 5.67. The minimum atomic E-state index is -0.342. The van der Waals surface area contributed by atoms with Gasteiger partial charge in [-0.1, -0.05) is 0 Å². The van der Waals surface area contributed by atoms with Crippen LogP contribution in [0.4, 0.5) is 17.2 Å². The lowest BCUT2D eigenvalue weighted by atomic mass is 10.1. The van der Waals surface area contributed by atoms with Crippen molar-refractivity contribution in [3.05, 3.63) is 60.9 Å². The number of anilines is 3. The summed E-state index contributed by atoms with van der Waals surface area (Å²) >= 11 is 0. The van der Waals surface area contributed by atoms with Crippen molar-refractivity contribution in [3.8, 4) is 17.0 Å². The molecule has 1 atom stereocenters. The van der Waals surface area contributed by atoms with Gasteiger partial charge in [0.2, 0.25) is 0 Å². The molecule has 4 rings (SSSR count). The number of rotatable bonds is 6. The van der Waals surface area contributed by atoms with E-state index >= 15 is 0 Å². The maximum Gasteiger partial charge on any atom is 0.253 e. The van der Waals surface area contributed by atoms with Gasteiger partial charge >= 0.3 is 0 Å². The van der Waals surface area contributed by atoms with E-state index in [2.05, 4.69) is 20.6 Å². The number of hydrogen-bond donors (Lipinski definition) is 2. The van der Waals surface area contributed by atoms with Gasteiger partial charge in [-0.25, -0.2) is 9.97 Å². The van der Waals surface area contributed by atoms with Crippen LogP contribution in [0.25, 0.3) is 11.3 Å². The second-order valence-electron chi connectivity index (χ2n) is 6.71. The van der Waals surface area contributed by atoms with E-state index < -0.39 is 0 Å². The van der Waals surface area contributed by atoms with Crippen molar-refractivity contribution >= 4 is 23.1 Å². The number of methoxy groups -OCH3 is 1. The van der Waals surface area contributed by atoms with Gasteiger partial charge < -0.3 is 20.1 Å². The normalized spacial score (nSPS) is 15.7. The molecule has 0 aliphatic carbocycles. The SMILES string of the molecule is COc1ccc(-c2cc(Nc3ccc(NC(=O)C4CCCO4)cc3)ncn2)cc1. The van der Waals surface area contributed by atoms with Gasteiger partial charge in [0.05, 0.1) is 12.8 Å². The fourth-order valence-corrected chi connectivity index (χ4v) is 3.14. The number of nitrogens with zero attached hydrogens (tertiary/aromatic N) is 2. The molecular formula is C22H22N4O3. The monoisotopic (exact) mass is 390 g/mol. The van der Waals surface area contributed by atoms with Gasteiger partial charge in [0.25, 0.3) is 5.91 Å². The Bertz CT molecular complexity index is 968. The molecule has 2 heterocycles. The van der Waals surface area contributed by atoms with Crippen molar-refractivity contribution in [2.24, 2.45) is 0 Å². The van der Waals surface area contributed by atoms with Crippen molar-refractivity contribution in [1.82, 2.24) is 9.97 Å². The van der Waals surface area contributed by atoms with Gasteiger partial charge in [0.15, 0.2) is 0 Å². The summed E-state index contributed by atoms with van der Waals surface area (Å²) in [5, 5.41) is 6.15. The van der Waals surface area contributed by atoms with E-state index in [9.17, 15) is 4.79 Å². The number of benzene rings is 2. The summed E-state index contributed by atoms with van der Waals surface area (Å²) in [7, 11) is 1.64. The lowest BCUT2D eigenvalue weighted by Crippen LogP contribution is -2.26. The van der Waals surface area contributed by atoms with Gasteiger partial charge in [-0.3, -0.25) is 4.79 Å². The fraction of sp³-hybridized carbons (Fsp3) is 0.227. The van der Waals surface area contributed by atoms with Crippen LogP contribution in [0.15, 0.2) is 60.9 Å². The molecule has 1 fully saturated rings. The molecule has 7 heteroatoms. The summed E-state index contributed by atoms with van der Waals surface area (Å²) in [5.74, 6) is 1.39. The maximum absolute atomic E-state index is 12.1. The highest BCUT2D eigenvalue weighted by atomic mass is 16.5. The molecule has 1 saturated heterocycles. The molecule has 1 aliphatic heterocycles. The first-order valence-corrected chi connectivity index (χ1v) is 9.47. The predicted molar refractivity (Wildman–Crippen MR) is 111 cm³/mol. The van der Waals surface area contributed by atoms with Gasteiger partial charge in [0.1, 0.15) is 24.0 Å². The van der Waals surface area contributed by atoms with Crippen molar-refractivity contribution < 1.29 is 14.3 Å². The van der Waals surface area contributed by atoms with Crippen molar-refractivity contribution in [2.75, 3.05) is 24.4 Å². The van der Waals surface area contributed by atoms with Gasteiger partial charge in [-0.05, 0) is 61.4 Å². The fourth-order valence-electron chi connectivity index (χ4n) is 3.14. The molecule has 0 saturated carbocycles. The van der Waals surface area contributed by atoms with Crippen LogP contribution in [0.5, 0.6) is 5.75 Å². The van der Waals surface area contributed by atoms with Crippen LogP contribution in [0.3, 0.4) is 0 Å². The standard InChI is InChI=1S/C22H22N4O3/c1-28-18-10-4-15(5-11-18)19-13-21(24-14-23-19)25-16-6-8-17(9-7-16)26-22(27)20-3-2-12-29-20/h4-11,13-14,20H,2-3,12H2,1H3,(H,26,27)(H,23,24,25). The average molecular weight is 390 g/mol. The van der Waals surface area contributed by atoms with Crippen molar-refractivity contribution in [2.45, 2.75) is 18.9 Å². The molecule has 1 aliphatic rings. The summed E-state index contributed by atoms with van der Waals surface area (Å²) in [6.07, 6.45) is 2.89. The number of carbonyl (C=O) groups excluding carboxylic acids is 1. The van der Waals surface area contributed by atoms with Crippen LogP contribution in [-0.2, 0) is 9.53 Å². The highest BCUT2D eigenvalue weighted by Crippen LogP contribution is 2.24. The summed E-state index contributed by atoms with van der Waals surface area (Å²) in [5.41, 5.74) is 3.38. The smallest absolute Gasteiger partial charge is 0.253 e. The second kappa shape index (κ2) is 8.70. The Morgan fingerprint density at radius 2 is 1.83 bits per heavy atom. The lowest BCUT2D eigenvalue weighted by Gasteiger charge is -2.11. The third kappa shape index (κ3) is 4.70. The lowest BCUT2D eigenvalue weighted by molar-refractivity contribution is -0.124. The van der Waals surface area contributed by atoms with Gasteiger partial charge in [-0.15, -0.1) is 0 Å². The topological polar surface area (TPSA) is 85.4 Å². The molecule has 1 unspecified atom stereocenters. The number of hydrogen-bond acceptors (Lipinski definition) is 6. The van der Waals surface area contributed by atoms with E-state index in [0.29, 0.717) is 12.4 Å². The number of carbonyl (C=O) groups is 1. The zero-order valence-electron chi connectivity index (χ0n) is 16.1. The first kappa shape index (κ1) is 18.9. The Labute approximate surface area is 169 Å². The maximum atomic E-state index is 12.1. The second-order valence-corrected chi connectivity index (χ2v) is 6.71. The average Bonchev–Trinajstić information content (AvgIpc) is 3.31. The summed E-state index contributed by atoms with van der Waals surface area (Å²) in [6.45, 7) is 0.651. The van der Waals surface area contributed by atoms with E-state index in [4.69, 9.17) is 9.47 Å². The van der Waals surface area contributed by atoms with Crippen LogP contribution < -0.4 is 15.4 Å². The molecule has 0 radical (unpaired) electrons. The molecule has 1 amide bonds. The van der Waals surface area contributed by atoms with Crippen LogP contribution in [0.2, 0.25) is 0 Å². The Morgan fingerprint density at radius 3 is 2.52 bits per heavy atom. The van der Waals surface area contributed by atoms with E-state index in [-0.39, 0.29) is 12.0 Å². The zero-order valence-corrected chi connectivity index (χ0v) is 16.1. The van der Waals surface area contributed by atoms with E-state index in [0.717, 1.165) is 41.2 Å². The molecule has 7 nitrogen and oxygen atoms in total. The molecule has 148 valence electrons. The van der Waals surface area contributed by atoms with Crippen LogP contribution in [0, 0.1) is 0 Å². The van der Waals surface area contributed by atoms with E-state index in [1.54, 1.807) is 7.11 Å². The van der Waals surface area contributed by atoms with Crippen LogP contribution >= 0.6 is 0 Å². The minimum absolute atomic E-state index is 0.0943. The molecule has 0 spiro atoms. The van der Waals surface area contributed by atoms with Crippen LogP contribution in [0.1, 0.15) is 12.8 Å². The zero-order chi connectivity index (χ0) is 20.1. The summed E-state index contributed by atoms with van der Waals surface area (Å²) in [4.78, 5) is 20.8. The first-order valence-electron chi connectivity index (χ1n) is 9.47. The quantitative estimate of drug-likeness (QED) is 0.661. The molecule has 3 aromatic rings. The number of nitrogens with one attached hydrogen (secondary N) is 2. The third-order valence-corrected chi connectivity index (χ3v) is 4.70. The Balaban J connectivity index is 1.41. The molecule has 1 aromatic heterocycles. The van der Waals surface area contributed by atoms with E-state index in [1.165, 1.54) is 6.33 Å². The molecule has 0 bridgehead atoms. The third-order valence-electron chi connectivity index (χ3n) is 4.70. The van der Waals surface area contributed by atoms with Crippen molar-refractivity contribution in [3.63, 3.8) is 0 Å². The largest absolute Gasteiger partial charge is 0.497 e. The van der Waals surface area contributed by atoms with Crippen molar-refractivity contribution in [1.29, 1.82) is 0 Å². The molecule has 29 heavy (non-hydrogen) atoms. The number of amides is 1. The Morgan fingerprint density at radius 1 is 1.07 bits per heavy atom. The Hall–Kier alpha value is -3.45. The minimum Gasteiger partial charge on any atom is -0.497 e. The number of aromatic nitrogens is 2. The summed E-state index contributed by atoms with van der Waals surface area (Å²) < 4.78 is 10.6.